The van der Waals surface area contributed by atoms with E-state index in [4.69, 9.17) is 14.2 Å². The monoisotopic (exact) mass is 474 g/mol. The van der Waals surface area contributed by atoms with Gasteiger partial charge in [0.15, 0.2) is 0 Å². The normalized spacial score (nSPS) is 49.4. The summed E-state index contributed by atoms with van der Waals surface area (Å²) in [6.45, 7) is 13.3. The number of methoxy groups -OCH3 is 1. The van der Waals surface area contributed by atoms with Crippen LogP contribution in [0.15, 0.2) is 11.1 Å². The van der Waals surface area contributed by atoms with Crippen molar-refractivity contribution in [3.8, 4) is 0 Å². The van der Waals surface area contributed by atoms with Crippen molar-refractivity contribution in [2.45, 2.75) is 105 Å². The Hall–Kier alpha value is -1.40. The highest BCUT2D eigenvalue weighted by Gasteiger charge is 2.71. The van der Waals surface area contributed by atoms with E-state index in [-0.39, 0.29) is 28.8 Å². The zero-order chi connectivity index (χ0) is 24.8. The first-order chi connectivity index (χ1) is 15.8. The third kappa shape index (κ3) is 3.00. The molecule has 1 N–H and O–H groups in total. The third-order valence-corrected chi connectivity index (χ3v) is 11.4. The molecule has 3 fully saturated rings. The lowest BCUT2D eigenvalue weighted by molar-refractivity contribution is -0.229. The van der Waals surface area contributed by atoms with Crippen molar-refractivity contribution in [1.29, 1.82) is 0 Å². The van der Waals surface area contributed by atoms with Crippen molar-refractivity contribution < 1.29 is 28.9 Å². The highest BCUT2D eigenvalue weighted by Crippen LogP contribution is 2.73. The Kier molecular flexibility index (Phi) is 5.40. The molecule has 0 amide bonds. The lowest BCUT2D eigenvalue weighted by Crippen LogP contribution is -2.66. The van der Waals surface area contributed by atoms with Gasteiger partial charge in [-0.25, -0.2) is 4.79 Å². The molecular formula is C28H42O6. The zero-order valence-corrected chi connectivity index (χ0v) is 21.9. The number of carbonyl (C=O) groups is 2. The van der Waals surface area contributed by atoms with Gasteiger partial charge < -0.3 is 19.3 Å². The number of aliphatic hydroxyl groups is 1. The van der Waals surface area contributed by atoms with Crippen molar-refractivity contribution in [2.24, 2.45) is 39.4 Å². The summed E-state index contributed by atoms with van der Waals surface area (Å²) in [5.74, 6) is 0.270. The summed E-state index contributed by atoms with van der Waals surface area (Å²) in [5.41, 5.74) is 0.718. The minimum atomic E-state index is -1.29. The van der Waals surface area contributed by atoms with E-state index in [2.05, 4.69) is 34.6 Å². The molecule has 1 heterocycles. The number of hydrogen-bond donors (Lipinski definition) is 1. The van der Waals surface area contributed by atoms with E-state index in [1.165, 1.54) is 32.6 Å². The minimum Gasteiger partial charge on any atom is -0.462 e. The molecule has 34 heavy (non-hydrogen) atoms. The molecule has 0 aromatic heterocycles. The molecule has 0 bridgehead atoms. The lowest BCUT2D eigenvalue weighted by atomic mass is 9.35. The SMILES string of the molecule is CO[C@@H]1C[C@H]2[C@]3(C)CC[C@H]4C(C)(C)CCC[C@]4(C)[C@H]3C[C@@H](OC(C)=O)[C@]2(C)C2=C1C(O)OC2=O. The van der Waals surface area contributed by atoms with E-state index >= 15 is 0 Å². The van der Waals surface area contributed by atoms with Crippen LogP contribution in [0, 0.1) is 39.4 Å². The average molecular weight is 475 g/mol. The molecule has 9 atom stereocenters. The second-order valence-corrected chi connectivity index (χ2v) is 13.2. The van der Waals surface area contributed by atoms with Gasteiger partial charge >= 0.3 is 11.9 Å². The van der Waals surface area contributed by atoms with Gasteiger partial charge in [0.2, 0.25) is 6.29 Å². The third-order valence-electron chi connectivity index (χ3n) is 11.4. The van der Waals surface area contributed by atoms with Crippen LogP contribution in [0.4, 0.5) is 0 Å². The van der Waals surface area contributed by atoms with E-state index in [1.807, 2.05) is 0 Å². The van der Waals surface area contributed by atoms with Gasteiger partial charge in [0.05, 0.1) is 11.7 Å². The summed E-state index contributed by atoms with van der Waals surface area (Å²) >= 11 is 0. The topological polar surface area (TPSA) is 82.1 Å². The van der Waals surface area contributed by atoms with Crippen LogP contribution in [-0.2, 0) is 23.8 Å². The Balaban J connectivity index is 1.68. The van der Waals surface area contributed by atoms with Gasteiger partial charge in [0.25, 0.3) is 0 Å². The second-order valence-electron chi connectivity index (χ2n) is 13.2. The fraction of sp³-hybridized carbons (Fsp3) is 0.857. The highest BCUT2D eigenvalue weighted by molar-refractivity contribution is 5.94. The quantitative estimate of drug-likeness (QED) is 0.580. The van der Waals surface area contributed by atoms with Crippen LogP contribution in [0.25, 0.3) is 0 Å². The molecule has 1 aliphatic heterocycles. The lowest BCUT2D eigenvalue weighted by Gasteiger charge is -2.70. The molecule has 6 nitrogen and oxygen atoms in total. The summed E-state index contributed by atoms with van der Waals surface area (Å²) in [5, 5.41) is 10.6. The van der Waals surface area contributed by atoms with Crippen LogP contribution in [0.3, 0.4) is 0 Å². The average Bonchev–Trinajstić information content (AvgIpc) is 3.03. The number of esters is 2. The smallest absolute Gasteiger partial charge is 0.337 e. The summed E-state index contributed by atoms with van der Waals surface area (Å²) < 4.78 is 17.3. The molecule has 0 saturated heterocycles. The highest BCUT2D eigenvalue weighted by atomic mass is 16.6. The summed E-state index contributed by atoms with van der Waals surface area (Å²) in [4.78, 5) is 25.5. The molecule has 0 spiro atoms. The first kappa shape index (κ1) is 24.3. The number of carbonyl (C=O) groups excluding carboxylic acids is 2. The van der Waals surface area contributed by atoms with Gasteiger partial charge in [-0.15, -0.1) is 0 Å². The van der Waals surface area contributed by atoms with Crippen LogP contribution in [0.1, 0.15) is 86.5 Å². The molecule has 1 unspecified atom stereocenters. The summed E-state index contributed by atoms with van der Waals surface area (Å²) in [6.07, 6.45) is 5.27. The van der Waals surface area contributed by atoms with E-state index in [1.54, 1.807) is 7.11 Å². The molecule has 0 aromatic carbocycles. The van der Waals surface area contributed by atoms with Gasteiger partial charge in [-0.3, -0.25) is 4.79 Å². The van der Waals surface area contributed by atoms with E-state index in [0.717, 1.165) is 12.8 Å². The summed E-state index contributed by atoms with van der Waals surface area (Å²) in [7, 11) is 1.64. The fourth-order valence-corrected chi connectivity index (χ4v) is 10.1. The Bertz CT molecular complexity index is 937. The van der Waals surface area contributed by atoms with Crippen LogP contribution < -0.4 is 0 Å². The maximum Gasteiger partial charge on any atom is 0.337 e. The molecule has 6 heteroatoms. The Morgan fingerprint density at radius 2 is 1.68 bits per heavy atom. The Morgan fingerprint density at radius 1 is 1.00 bits per heavy atom. The number of hydrogen-bond acceptors (Lipinski definition) is 6. The molecular weight excluding hydrogens is 432 g/mol. The van der Waals surface area contributed by atoms with E-state index in [9.17, 15) is 14.7 Å². The van der Waals surface area contributed by atoms with Gasteiger partial charge in [0.1, 0.15) is 6.10 Å². The first-order valence-corrected chi connectivity index (χ1v) is 13.1. The number of aliphatic hydroxyl groups excluding tert-OH is 1. The minimum absolute atomic E-state index is 0.0345. The predicted molar refractivity (Wildman–Crippen MR) is 126 cm³/mol. The van der Waals surface area contributed by atoms with Crippen molar-refractivity contribution in [1.82, 2.24) is 0 Å². The maximum atomic E-state index is 13.2. The molecule has 3 saturated carbocycles. The zero-order valence-electron chi connectivity index (χ0n) is 21.9. The van der Waals surface area contributed by atoms with Crippen LogP contribution >= 0.6 is 0 Å². The van der Waals surface area contributed by atoms with Crippen LogP contribution in [-0.4, -0.2) is 42.7 Å². The number of ether oxygens (including phenoxy) is 3. The number of cyclic esters (lactones) is 1. The molecule has 5 rings (SSSR count). The Morgan fingerprint density at radius 3 is 2.32 bits per heavy atom. The predicted octanol–water partition coefficient (Wildman–Crippen LogP) is 4.78. The van der Waals surface area contributed by atoms with Crippen LogP contribution in [0.5, 0.6) is 0 Å². The number of rotatable bonds is 2. The summed E-state index contributed by atoms with van der Waals surface area (Å²) in [6, 6.07) is 0. The molecule has 4 aliphatic carbocycles. The van der Waals surface area contributed by atoms with Crippen molar-refractivity contribution >= 4 is 11.9 Å². The van der Waals surface area contributed by atoms with Crippen molar-refractivity contribution in [2.75, 3.05) is 7.11 Å². The number of fused-ring (bicyclic) bond motifs is 6. The van der Waals surface area contributed by atoms with Gasteiger partial charge in [0, 0.05) is 25.0 Å². The maximum absolute atomic E-state index is 13.2. The van der Waals surface area contributed by atoms with Gasteiger partial charge in [-0.2, -0.15) is 0 Å². The molecule has 190 valence electrons. The molecule has 0 aromatic rings. The van der Waals surface area contributed by atoms with E-state index < -0.39 is 23.8 Å². The largest absolute Gasteiger partial charge is 0.462 e. The first-order valence-electron chi connectivity index (χ1n) is 13.1. The van der Waals surface area contributed by atoms with E-state index in [0.29, 0.717) is 34.8 Å². The standard InChI is InChI=1S/C28H42O6/c1-15(29)33-20-14-18-26(4)11-8-10-25(2,3)17(26)9-12-27(18,5)19-13-16(32-7)21-22(28(19,20)6)24(31)34-23(21)30/h16-20,23,30H,8-14H2,1-7H3/t16-,17+,18-,19+,20-,23?,26+,27-,28-/m1/s1. The van der Waals surface area contributed by atoms with Crippen molar-refractivity contribution in [3.63, 3.8) is 0 Å². The second kappa shape index (κ2) is 7.55. The molecule has 5 aliphatic rings. The van der Waals surface area contributed by atoms with Gasteiger partial charge in [-0.05, 0) is 72.5 Å². The van der Waals surface area contributed by atoms with Crippen LogP contribution in [0.2, 0.25) is 0 Å². The van der Waals surface area contributed by atoms with Crippen molar-refractivity contribution in [3.05, 3.63) is 11.1 Å². The fourth-order valence-electron chi connectivity index (χ4n) is 10.1. The molecule has 0 radical (unpaired) electrons. The Labute approximate surface area is 203 Å². The van der Waals surface area contributed by atoms with Gasteiger partial charge in [-0.1, -0.05) is 41.0 Å².